The van der Waals surface area contributed by atoms with Crippen LogP contribution in [-0.4, -0.2) is 9.97 Å². The van der Waals surface area contributed by atoms with Crippen molar-refractivity contribution in [3.05, 3.63) is 59.4 Å². The van der Waals surface area contributed by atoms with Crippen LogP contribution in [0.25, 0.3) is 0 Å². The average Bonchev–Trinajstić information content (AvgIpc) is 2.32. The second-order valence-corrected chi connectivity index (χ2v) is 3.61. The van der Waals surface area contributed by atoms with Crippen LogP contribution >= 0.6 is 0 Å². The minimum atomic E-state index is -0.418. The fourth-order valence-corrected chi connectivity index (χ4v) is 1.59. The zero-order chi connectivity index (χ0) is 11.5. The van der Waals surface area contributed by atoms with Crippen molar-refractivity contribution in [2.75, 3.05) is 0 Å². The first kappa shape index (κ1) is 10.7. The predicted octanol–water partition coefficient (Wildman–Crippen LogP) is 1.97. The van der Waals surface area contributed by atoms with Crippen molar-refractivity contribution in [1.29, 1.82) is 0 Å². The molecule has 1 aromatic carbocycles. The standard InChI is InChI=1S/C12H12FN3/c1-8-2-3-9(13)6-10(8)12(14)11-4-5-15-7-16-11/h2-7,12H,14H2,1H3. The van der Waals surface area contributed by atoms with Gasteiger partial charge in [-0.25, -0.2) is 14.4 Å². The number of nitrogens with zero attached hydrogens (tertiary/aromatic N) is 2. The summed E-state index contributed by atoms with van der Waals surface area (Å²) in [5, 5.41) is 0. The van der Waals surface area contributed by atoms with Gasteiger partial charge in [0.15, 0.2) is 0 Å². The third-order valence-electron chi connectivity index (χ3n) is 2.50. The molecule has 0 saturated heterocycles. The van der Waals surface area contributed by atoms with Crippen molar-refractivity contribution in [3.8, 4) is 0 Å². The predicted molar refractivity (Wildman–Crippen MR) is 59.2 cm³/mol. The van der Waals surface area contributed by atoms with Crippen LogP contribution in [0.15, 0.2) is 36.8 Å². The molecule has 82 valence electrons. The molecule has 0 fully saturated rings. The highest BCUT2D eigenvalue weighted by Crippen LogP contribution is 2.21. The Bertz CT molecular complexity index is 485. The third-order valence-corrected chi connectivity index (χ3v) is 2.50. The second-order valence-electron chi connectivity index (χ2n) is 3.61. The molecule has 2 rings (SSSR count). The molecule has 2 N–H and O–H groups in total. The number of aromatic nitrogens is 2. The molecule has 0 amide bonds. The van der Waals surface area contributed by atoms with Crippen molar-refractivity contribution in [3.63, 3.8) is 0 Å². The summed E-state index contributed by atoms with van der Waals surface area (Å²) in [6.07, 6.45) is 3.06. The number of aryl methyl sites for hydroxylation is 1. The number of hydrogen-bond donors (Lipinski definition) is 1. The van der Waals surface area contributed by atoms with Crippen molar-refractivity contribution in [2.45, 2.75) is 13.0 Å². The summed E-state index contributed by atoms with van der Waals surface area (Å²) >= 11 is 0. The smallest absolute Gasteiger partial charge is 0.123 e. The molecule has 0 radical (unpaired) electrons. The number of halogens is 1. The molecule has 0 saturated carbocycles. The number of benzene rings is 1. The van der Waals surface area contributed by atoms with E-state index in [0.29, 0.717) is 5.69 Å². The summed E-state index contributed by atoms with van der Waals surface area (Å²) in [4.78, 5) is 7.89. The summed E-state index contributed by atoms with van der Waals surface area (Å²) in [6, 6.07) is 5.90. The summed E-state index contributed by atoms with van der Waals surface area (Å²) in [7, 11) is 0. The molecule has 16 heavy (non-hydrogen) atoms. The maximum Gasteiger partial charge on any atom is 0.123 e. The van der Waals surface area contributed by atoms with Crippen molar-refractivity contribution < 1.29 is 4.39 Å². The summed E-state index contributed by atoms with van der Waals surface area (Å²) in [6.45, 7) is 1.90. The van der Waals surface area contributed by atoms with E-state index in [-0.39, 0.29) is 5.82 Å². The number of hydrogen-bond acceptors (Lipinski definition) is 3. The highest BCUT2D eigenvalue weighted by atomic mass is 19.1. The van der Waals surface area contributed by atoms with E-state index in [1.165, 1.54) is 18.5 Å². The Morgan fingerprint density at radius 1 is 1.31 bits per heavy atom. The van der Waals surface area contributed by atoms with Gasteiger partial charge in [-0.2, -0.15) is 0 Å². The Morgan fingerprint density at radius 3 is 2.81 bits per heavy atom. The first-order chi connectivity index (χ1) is 7.68. The molecule has 0 bridgehead atoms. The van der Waals surface area contributed by atoms with Crippen LogP contribution < -0.4 is 5.73 Å². The quantitative estimate of drug-likeness (QED) is 0.836. The lowest BCUT2D eigenvalue weighted by molar-refractivity contribution is 0.622. The molecule has 0 aliphatic rings. The van der Waals surface area contributed by atoms with Gasteiger partial charge in [0.1, 0.15) is 12.1 Å². The first-order valence-electron chi connectivity index (χ1n) is 4.96. The highest BCUT2D eigenvalue weighted by molar-refractivity contribution is 5.33. The summed E-state index contributed by atoms with van der Waals surface area (Å²) in [5.41, 5.74) is 8.41. The Labute approximate surface area is 93.2 Å². The van der Waals surface area contributed by atoms with Gasteiger partial charge in [-0.3, -0.25) is 0 Å². The van der Waals surface area contributed by atoms with Gasteiger partial charge in [-0.15, -0.1) is 0 Å². The SMILES string of the molecule is Cc1ccc(F)cc1C(N)c1ccncn1. The largest absolute Gasteiger partial charge is 0.319 e. The van der Waals surface area contributed by atoms with Crippen molar-refractivity contribution in [1.82, 2.24) is 9.97 Å². The van der Waals surface area contributed by atoms with E-state index < -0.39 is 6.04 Å². The van der Waals surface area contributed by atoms with Gasteiger partial charge in [0.2, 0.25) is 0 Å². The van der Waals surface area contributed by atoms with Crippen LogP contribution in [0.2, 0.25) is 0 Å². The molecule has 4 heteroatoms. The molecule has 0 aliphatic carbocycles. The van der Waals surface area contributed by atoms with Gasteiger partial charge in [0, 0.05) is 6.20 Å². The summed E-state index contributed by atoms with van der Waals surface area (Å²) < 4.78 is 13.1. The van der Waals surface area contributed by atoms with E-state index in [4.69, 9.17) is 5.73 Å². The molecule has 1 aromatic heterocycles. The van der Waals surface area contributed by atoms with Crippen LogP contribution in [0.3, 0.4) is 0 Å². The van der Waals surface area contributed by atoms with Gasteiger partial charge in [0.25, 0.3) is 0 Å². The molecule has 0 spiro atoms. The normalized spacial score (nSPS) is 12.4. The Balaban J connectivity index is 2.41. The van der Waals surface area contributed by atoms with Gasteiger partial charge < -0.3 is 5.73 Å². The molecule has 3 nitrogen and oxygen atoms in total. The Hall–Kier alpha value is -1.81. The Morgan fingerprint density at radius 2 is 2.12 bits per heavy atom. The van der Waals surface area contributed by atoms with E-state index >= 15 is 0 Å². The monoisotopic (exact) mass is 217 g/mol. The lowest BCUT2D eigenvalue weighted by atomic mass is 9.99. The topological polar surface area (TPSA) is 51.8 Å². The minimum absolute atomic E-state index is 0.287. The lowest BCUT2D eigenvalue weighted by Gasteiger charge is -2.13. The van der Waals surface area contributed by atoms with Gasteiger partial charge in [0.05, 0.1) is 11.7 Å². The number of nitrogens with two attached hydrogens (primary N) is 1. The molecule has 1 unspecified atom stereocenters. The van der Waals surface area contributed by atoms with E-state index in [0.717, 1.165) is 11.1 Å². The van der Waals surface area contributed by atoms with Gasteiger partial charge >= 0.3 is 0 Å². The van der Waals surface area contributed by atoms with Crippen LogP contribution in [-0.2, 0) is 0 Å². The lowest BCUT2D eigenvalue weighted by Crippen LogP contribution is -2.15. The van der Waals surface area contributed by atoms with E-state index in [1.807, 2.05) is 6.92 Å². The van der Waals surface area contributed by atoms with Gasteiger partial charge in [-0.05, 0) is 36.2 Å². The van der Waals surface area contributed by atoms with Gasteiger partial charge in [-0.1, -0.05) is 6.07 Å². The van der Waals surface area contributed by atoms with Crippen LogP contribution in [0.1, 0.15) is 22.9 Å². The molecule has 2 aromatic rings. The fourth-order valence-electron chi connectivity index (χ4n) is 1.59. The molecule has 1 atom stereocenters. The van der Waals surface area contributed by atoms with Crippen molar-refractivity contribution >= 4 is 0 Å². The average molecular weight is 217 g/mol. The third kappa shape index (κ3) is 2.06. The van der Waals surface area contributed by atoms with Crippen LogP contribution in [0.5, 0.6) is 0 Å². The Kier molecular flexibility index (Phi) is 2.92. The van der Waals surface area contributed by atoms with Crippen molar-refractivity contribution in [2.24, 2.45) is 5.73 Å². The van der Waals surface area contributed by atoms with E-state index in [9.17, 15) is 4.39 Å². The fraction of sp³-hybridized carbons (Fsp3) is 0.167. The number of rotatable bonds is 2. The molecular formula is C12H12FN3. The first-order valence-corrected chi connectivity index (χ1v) is 4.96. The zero-order valence-electron chi connectivity index (χ0n) is 8.89. The second kappa shape index (κ2) is 4.37. The van der Waals surface area contributed by atoms with Crippen LogP contribution in [0, 0.1) is 12.7 Å². The summed E-state index contributed by atoms with van der Waals surface area (Å²) in [5.74, 6) is -0.287. The zero-order valence-corrected chi connectivity index (χ0v) is 8.89. The highest BCUT2D eigenvalue weighted by Gasteiger charge is 2.13. The van der Waals surface area contributed by atoms with Crippen LogP contribution in [0.4, 0.5) is 4.39 Å². The molecular weight excluding hydrogens is 205 g/mol. The maximum absolute atomic E-state index is 13.1. The molecule has 1 heterocycles. The maximum atomic E-state index is 13.1. The van der Waals surface area contributed by atoms with E-state index in [2.05, 4.69) is 9.97 Å². The minimum Gasteiger partial charge on any atom is -0.319 e. The van der Waals surface area contributed by atoms with E-state index in [1.54, 1.807) is 18.3 Å². The molecule has 0 aliphatic heterocycles.